The van der Waals surface area contributed by atoms with Crippen molar-refractivity contribution in [1.29, 1.82) is 0 Å². The van der Waals surface area contributed by atoms with Gasteiger partial charge in [0.2, 0.25) is 11.6 Å². The SMILES string of the molecule is CCCCN(CCCC)CCC(OC)c1cc2c(Cl)cc(Cl)cc2c2cc(C(F)(F)F)ccc12.O=COC1CCCC2(C1)OOC1(O2)C2CC3CC4CC1CC34C2. The Bertz CT molecular complexity index is 1910. The number of carbonyl (C=O) groups excluding carboxylic acids is 1. The van der Waals surface area contributed by atoms with Crippen molar-refractivity contribution in [2.45, 2.75) is 134 Å². The van der Waals surface area contributed by atoms with Crippen LogP contribution in [0.5, 0.6) is 0 Å². The molecule has 1 aliphatic heterocycles. The summed E-state index contributed by atoms with van der Waals surface area (Å²) in [6, 6.07) is 9.10. The van der Waals surface area contributed by atoms with Crippen molar-refractivity contribution in [2.24, 2.45) is 29.1 Å². The summed E-state index contributed by atoms with van der Waals surface area (Å²) < 4.78 is 58.4. The first-order chi connectivity index (χ1) is 27.4. The van der Waals surface area contributed by atoms with E-state index in [9.17, 15) is 18.0 Å². The molecule has 1 saturated heterocycles. The first-order valence-corrected chi connectivity index (χ1v) is 22.0. The molecule has 5 saturated carbocycles. The van der Waals surface area contributed by atoms with Gasteiger partial charge in [-0.25, -0.2) is 0 Å². The van der Waals surface area contributed by atoms with Crippen molar-refractivity contribution in [3.8, 4) is 0 Å². The quantitative estimate of drug-likeness (QED) is 0.0965. The average molecular weight is 835 g/mol. The number of alkyl halides is 3. The Labute approximate surface area is 344 Å². The largest absolute Gasteiger partial charge is 0.464 e. The lowest BCUT2D eigenvalue weighted by Crippen LogP contribution is -2.50. The van der Waals surface area contributed by atoms with Crippen LogP contribution >= 0.6 is 23.2 Å². The molecule has 312 valence electrons. The summed E-state index contributed by atoms with van der Waals surface area (Å²) in [5, 5.41) is 3.26. The van der Waals surface area contributed by atoms with Gasteiger partial charge in [0.1, 0.15) is 6.10 Å². The van der Waals surface area contributed by atoms with Gasteiger partial charge in [-0.2, -0.15) is 22.9 Å². The number of hydrogen-bond donors (Lipinski definition) is 0. The van der Waals surface area contributed by atoms with Crippen LogP contribution in [0, 0.1) is 29.1 Å². The smallest absolute Gasteiger partial charge is 0.416 e. The molecule has 3 aromatic carbocycles. The van der Waals surface area contributed by atoms with E-state index in [1.54, 1.807) is 25.3 Å². The first kappa shape index (κ1) is 41.5. The van der Waals surface area contributed by atoms with Gasteiger partial charge in [-0.1, -0.05) is 56.0 Å². The zero-order valence-electron chi connectivity index (χ0n) is 33.3. The number of benzene rings is 3. The highest BCUT2D eigenvalue weighted by Gasteiger charge is 2.77. The molecule has 12 heteroatoms. The highest BCUT2D eigenvalue weighted by Crippen LogP contribution is 2.79. The van der Waals surface area contributed by atoms with Gasteiger partial charge in [0.05, 0.1) is 11.7 Å². The van der Waals surface area contributed by atoms with Crippen molar-refractivity contribution < 1.29 is 42.0 Å². The Morgan fingerprint density at radius 1 is 0.877 bits per heavy atom. The fourth-order valence-corrected chi connectivity index (χ4v) is 12.4. The molecule has 0 amide bonds. The summed E-state index contributed by atoms with van der Waals surface area (Å²) in [6.45, 7) is 7.83. The Hall–Kier alpha value is -2.18. The number of ether oxygens (including phenoxy) is 3. The van der Waals surface area contributed by atoms with Gasteiger partial charge >= 0.3 is 6.18 Å². The Balaban J connectivity index is 0.000000170. The summed E-state index contributed by atoms with van der Waals surface area (Å²) in [4.78, 5) is 25.1. The van der Waals surface area contributed by atoms with E-state index in [2.05, 4.69) is 18.7 Å². The van der Waals surface area contributed by atoms with Crippen molar-refractivity contribution in [2.75, 3.05) is 26.7 Å². The molecule has 0 aromatic heterocycles. The van der Waals surface area contributed by atoms with Crippen LogP contribution in [0.3, 0.4) is 0 Å². The number of carbonyl (C=O) groups is 1. The minimum atomic E-state index is -4.45. The maximum absolute atomic E-state index is 13.5. The molecule has 3 spiro atoms. The van der Waals surface area contributed by atoms with E-state index >= 15 is 0 Å². The normalized spacial score (nSPS) is 32.9. The lowest BCUT2D eigenvalue weighted by atomic mass is 9.56. The second-order valence-electron chi connectivity index (χ2n) is 17.8. The molecule has 7 nitrogen and oxygen atoms in total. The molecule has 7 unspecified atom stereocenters. The third kappa shape index (κ3) is 7.61. The summed E-state index contributed by atoms with van der Waals surface area (Å²) in [6.07, 6.45) is 10.2. The highest BCUT2D eigenvalue weighted by molar-refractivity contribution is 6.39. The summed E-state index contributed by atoms with van der Waals surface area (Å²) >= 11 is 12.7. The predicted octanol–water partition coefficient (Wildman–Crippen LogP) is 12.2. The average Bonchev–Trinajstić information content (AvgIpc) is 3.77. The second kappa shape index (κ2) is 16.4. The number of fused-ring (bicyclic) bond motifs is 7. The van der Waals surface area contributed by atoms with Gasteiger partial charge in [0.25, 0.3) is 6.47 Å². The van der Waals surface area contributed by atoms with E-state index in [0.717, 1.165) is 99.9 Å². The van der Waals surface area contributed by atoms with E-state index in [4.69, 9.17) is 47.2 Å². The molecule has 6 fully saturated rings. The summed E-state index contributed by atoms with van der Waals surface area (Å²) in [7, 11) is 1.65. The number of halogens is 5. The fraction of sp³-hybridized carbons (Fsp3) is 0.667. The van der Waals surface area contributed by atoms with Crippen molar-refractivity contribution >= 4 is 51.2 Å². The molecule has 3 aromatic rings. The molecule has 7 atom stereocenters. The number of unbranched alkanes of at least 4 members (excludes halogenated alkanes) is 2. The van der Waals surface area contributed by atoms with Crippen LogP contribution in [0.4, 0.5) is 13.2 Å². The van der Waals surface area contributed by atoms with E-state index in [0.29, 0.717) is 56.3 Å². The molecule has 1 heterocycles. The standard InChI is InChI=1S/C27H32Cl2F3NO.C18H24O5/c1-4-6-11-33(12-7-5-2)13-10-26(34-3)24-17-23-22(15-19(28)16-25(23)29)21-14-18(27(30,31)32)8-9-20(21)24;19-10-20-15-2-1-3-17(9-15)21-18(23-22-17)13-5-11-4-12-6-14(18)8-16(11,12)7-13/h8-9,14-17,26H,4-7,10-13H2,1-3H3;10-15H,1-9H2. The monoisotopic (exact) mass is 833 g/mol. The van der Waals surface area contributed by atoms with Gasteiger partial charge in [-0.15, -0.1) is 0 Å². The minimum absolute atomic E-state index is 0.108. The van der Waals surface area contributed by atoms with Gasteiger partial charge in [-0.3, -0.25) is 4.79 Å². The van der Waals surface area contributed by atoms with E-state index in [-0.39, 0.29) is 12.2 Å². The maximum atomic E-state index is 13.5. The van der Waals surface area contributed by atoms with Crippen LogP contribution in [0.2, 0.25) is 10.0 Å². The molecule has 6 aliphatic rings. The zero-order valence-corrected chi connectivity index (χ0v) is 34.8. The van der Waals surface area contributed by atoms with Gasteiger partial charge in [-0.05, 0) is 147 Å². The Morgan fingerprint density at radius 3 is 2.21 bits per heavy atom. The van der Waals surface area contributed by atoms with Crippen LogP contribution in [0.25, 0.3) is 21.5 Å². The predicted molar refractivity (Wildman–Crippen MR) is 215 cm³/mol. The lowest BCUT2D eigenvalue weighted by Gasteiger charge is -2.49. The molecule has 5 aliphatic carbocycles. The number of nitrogens with zero attached hydrogens (tertiary/aromatic N) is 1. The van der Waals surface area contributed by atoms with Crippen LogP contribution in [-0.4, -0.2) is 55.8 Å². The second-order valence-corrected chi connectivity index (χ2v) is 18.6. The number of hydrogen-bond acceptors (Lipinski definition) is 7. The topological polar surface area (TPSA) is 66.5 Å². The summed E-state index contributed by atoms with van der Waals surface area (Å²) in [5.41, 5.74) is 0.779. The lowest BCUT2D eigenvalue weighted by molar-refractivity contribution is -0.376. The number of rotatable bonds is 13. The molecule has 0 radical (unpaired) electrons. The molecule has 9 rings (SSSR count). The third-order valence-electron chi connectivity index (χ3n) is 14.6. The van der Waals surface area contributed by atoms with Crippen molar-refractivity contribution in [3.63, 3.8) is 0 Å². The van der Waals surface area contributed by atoms with Crippen LogP contribution < -0.4 is 0 Å². The van der Waals surface area contributed by atoms with Gasteiger partial charge < -0.3 is 19.1 Å². The summed E-state index contributed by atoms with van der Waals surface area (Å²) in [5.74, 6) is 1.58. The van der Waals surface area contributed by atoms with Gasteiger partial charge in [0, 0.05) is 53.8 Å². The molecule has 3 bridgehead atoms. The third-order valence-corrected chi connectivity index (χ3v) is 15.1. The maximum Gasteiger partial charge on any atom is 0.416 e. The number of methoxy groups -OCH3 is 1. The van der Waals surface area contributed by atoms with Crippen LogP contribution in [-0.2, 0) is 35.0 Å². The molecular formula is C45H56Cl2F3NO6. The van der Waals surface area contributed by atoms with Crippen molar-refractivity contribution in [1.82, 2.24) is 4.90 Å². The fourth-order valence-electron chi connectivity index (χ4n) is 11.8. The molecule has 0 N–H and O–H groups in total. The Morgan fingerprint density at radius 2 is 1.56 bits per heavy atom. The minimum Gasteiger partial charge on any atom is -0.464 e. The zero-order chi connectivity index (χ0) is 40.2. The van der Waals surface area contributed by atoms with E-state index < -0.39 is 23.3 Å². The molecule has 57 heavy (non-hydrogen) atoms. The van der Waals surface area contributed by atoms with Crippen LogP contribution in [0.15, 0.2) is 36.4 Å². The molecular weight excluding hydrogens is 778 g/mol. The van der Waals surface area contributed by atoms with Crippen molar-refractivity contribution in [3.05, 3.63) is 57.6 Å². The van der Waals surface area contributed by atoms with E-state index in [1.807, 2.05) is 6.07 Å². The highest BCUT2D eigenvalue weighted by atomic mass is 35.5. The van der Waals surface area contributed by atoms with Crippen LogP contribution in [0.1, 0.15) is 121 Å². The Kier molecular flexibility index (Phi) is 11.9. The van der Waals surface area contributed by atoms with E-state index in [1.165, 1.54) is 38.2 Å². The first-order valence-electron chi connectivity index (χ1n) is 21.2. The van der Waals surface area contributed by atoms with Gasteiger partial charge in [0.15, 0.2) is 0 Å².